The van der Waals surface area contributed by atoms with Gasteiger partial charge in [-0.05, 0) is 18.4 Å². The van der Waals surface area contributed by atoms with E-state index in [2.05, 4.69) is 0 Å². The third kappa shape index (κ3) is 0.919. The molecule has 1 saturated heterocycles. The van der Waals surface area contributed by atoms with Gasteiger partial charge in [-0.25, -0.2) is 0 Å². The zero-order valence-electron chi connectivity index (χ0n) is 7.95. The second kappa shape index (κ2) is 2.67. The van der Waals surface area contributed by atoms with Crippen molar-refractivity contribution >= 4 is 5.78 Å². The van der Waals surface area contributed by atoms with Gasteiger partial charge in [0.2, 0.25) is 0 Å². The smallest absolute Gasteiger partial charge is 0.195 e. The number of hydrogen-bond donors (Lipinski definition) is 0. The summed E-state index contributed by atoms with van der Waals surface area (Å²) in [5.74, 6) is 0.200. The second-order valence-corrected chi connectivity index (χ2v) is 4.11. The van der Waals surface area contributed by atoms with Crippen molar-refractivity contribution in [2.24, 2.45) is 0 Å². The quantitative estimate of drug-likeness (QED) is 0.622. The summed E-state index contributed by atoms with van der Waals surface area (Å²) >= 11 is 0. The molecule has 1 atom stereocenters. The number of carbonyl (C=O) groups excluding carboxylic acids is 1. The second-order valence-electron chi connectivity index (χ2n) is 4.11. The average molecular weight is 188 g/mol. The molecule has 14 heavy (non-hydrogen) atoms. The van der Waals surface area contributed by atoms with E-state index in [1.807, 2.05) is 24.3 Å². The number of rotatable bonds is 0. The van der Waals surface area contributed by atoms with Crippen LogP contribution in [0.25, 0.3) is 0 Å². The van der Waals surface area contributed by atoms with E-state index in [1.165, 1.54) is 0 Å². The molecule has 0 radical (unpaired) electrons. The van der Waals surface area contributed by atoms with Crippen LogP contribution in [0.5, 0.6) is 0 Å². The van der Waals surface area contributed by atoms with Gasteiger partial charge in [0.1, 0.15) is 5.60 Å². The Hall–Kier alpha value is -1.15. The molecule has 1 fully saturated rings. The molecule has 1 aromatic carbocycles. The van der Waals surface area contributed by atoms with Gasteiger partial charge < -0.3 is 4.74 Å². The fourth-order valence-electron chi connectivity index (χ4n) is 2.55. The first kappa shape index (κ1) is 8.18. The van der Waals surface area contributed by atoms with E-state index < -0.39 is 5.60 Å². The van der Waals surface area contributed by atoms with Crippen molar-refractivity contribution in [2.45, 2.75) is 24.9 Å². The van der Waals surface area contributed by atoms with Gasteiger partial charge in [-0.2, -0.15) is 0 Å². The number of benzene rings is 1. The lowest BCUT2D eigenvalue weighted by Crippen LogP contribution is -2.34. The molecule has 2 nitrogen and oxygen atoms in total. The molecule has 0 saturated carbocycles. The number of ketones is 1. The molecule has 2 aliphatic rings. The number of carbonyl (C=O) groups is 1. The Morgan fingerprint density at radius 3 is 2.86 bits per heavy atom. The molecule has 0 aromatic heterocycles. The first-order chi connectivity index (χ1) is 6.82. The molecule has 0 amide bonds. The third-order valence-electron chi connectivity index (χ3n) is 3.26. The van der Waals surface area contributed by atoms with Crippen LogP contribution in [-0.2, 0) is 11.2 Å². The molecular formula is C12H12O2. The molecule has 72 valence electrons. The number of Topliss-reactive ketones (excluding diaryl/α,β-unsaturated/α-hetero) is 1. The molecule has 1 heterocycles. The fourth-order valence-corrected chi connectivity index (χ4v) is 2.55. The summed E-state index contributed by atoms with van der Waals surface area (Å²) in [6, 6.07) is 7.85. The Morgan fingerprint density at radius 1 is 1.29 bits per heavy atom. The maximum atomic E-state index is 12.1. The summed E-state index contributed by atoms with van der Waals surface area (Å²) < 4.78 is 5.65. The highest BCUT2D eigenvalue weighted by atomic mass is 16.5. The highest BCUT2D eigenvalue weighted by Gasteiger charge is 2.48. The zero-order valence-corrected chi connectivity index (χ0v) is 7.95. The Morgan fingerprint density at radius 2 is 2.14 bits per heavy atom. The number of hydrogen-bond acceptors (Lipinski definition) is 2. The maximum Gasteiger partial charge on any atom is 0.195 e. The number of fused-ring (bicyclic) bond motifs is 1. The van der Waals surface area contributed by atoms with E-state index in [0.717, 1.165) is 37.0 Å². The van der Waals surface area contributed by atoms with Gasteiger partial charge in [0.05, 0.1) is 0 Å². The lowest BCUT2D eigenvalue weighted by molar-refractivity contribution is 0.0167. The van der Waals surface area contributed by atoms with Gasteiger partial charge in [-0.1, -0.05) is 24.3 Å². The summed E-state index contributed by atoms with van der Waals surface area (Å²) in [6.45, 7) is 0.736. The summed E-state index contributed by atoms with van der Waals surface area (Å²) in [4.78, 5) is 12.1. The van der Waals surface area contributed by atoms with Crippen LogP contribution in [-0.4, -0.2) is 18.0 Å². The predicted octanol–water partition coefficient (Wildman–Crippen LogP) is 1.97. The van der Waals surface area contributed by atoms with Crippen LogP contribution >= 0.6 is 0 Å². The van der Waals surface area contributed by atoms with Crippen molar-refractivity contribution in [2.75, 3.05) is 6.61 Å². The van der Waals surface area contributed by atoms with Crippen molar-refractivity contribution < 1.29 is 9.53 Å². The SMILES string of the molecule is O=C1c2ccccc2CC12CCCO2. The Bertz CT molecular complexity index is 389. The molecular weight excluding hydrogens is 176 g/mol. The standard InChI is InChI=1S/C12H12O2/c13-11-10-5-2-1-4-9(10)8-12(11)6-3-7-14-12/h1-2,4-5H,3,6-8H2. The monoisotopic (exact) mass is 188 g/mol. The minimum Gasteiger partial charge on any atom is -0.366 e. The van der Waals surface area contributed by atoms with Gasteiger partial charge >= 0.3 is 0 Å². The normalized spacial score (nSPS) is 29.9. The fraction of sp³-hybridized carbons (Fsp3) is 0.417. The van der Waals surface area contributed by atoms with Crippen molar-refractivity contribution in [1.82, 2.24) is 0 Å². The van der Waals surface area contributed by atoms with Crippen LogP contribution in [0.1, 0.15) is 28.8 Å². The van der Waals surface area contributed by atoms with E-state index in [1.54, 1.807) is 0 Å². The van der Waals surface area contributed by atoms with Crippen molar-refractivity contribution in [3.63, 3.8) is 0 Å². The molecule has 0 N–H and O–H groups in total. The topological polar surface area (TPSA) is 26.3 Å². The van der Waals surface area contributed by atoms with Gasteiger partial charge in [0.15, 0.2) is 5.78 Å². The highest BCUT2D eigenvalue weighted by Crippen LogP contribution is 2.39. The van der Waals surface area contributed by atoms with Gasteiger partial charge in [0, 0.05) is 18.6 Å². The number of ether oxygens (including phenoxy) is 1. The van der Waals surface area contributed by atoms with Crippen LogP contribution < -0.4 is 0 Å². The molecule has 1 aliphatic carbocycles. The largest absolute Gasteiger partial charge is 0.366 e. The summed E-state index contributed by atoms with van der Waals surface area (Å²) in [5, 5.41) is 0. The molecule has 1 unspecified atom stereocenters. The van der Waals surface area contributed by atoms with Gasteiger partial charge in [-0.3, -0.25) is 4.79 Å². The van der Waals surface area contributed by atoms with E-state index in [-0.39, 0.29) is 5.78 Å². The first-order valence-electron chi connectivity index (χ1n) is 5.08. The minimum absolute atomic E-state index is 0.200. The minimum atomic E-state index is -0.482. The van der Waals surface area contributed by atoms with Gasteiger partial charge in [-0.15, -0.1) is 0 Å². The average Bonchev–Trinajstić information content (AvgIpc) is 2.77. The molecule has 1 spiro atoms. The molecule has 2 heteroatoms. The van der Waals surface area contributed by atoms with E-state index in [4.69, 9.17) is 4.74 Å². The Labute approximate surface area is 82.9 Å². The molecule has 3 rings (SSSR count). The van der Waals surface area contributed by atoms with Crippen molar-refractivity contribution in [3.05, 3.63) is 35.4 Å². The van der Waals surface area contributed by atoms with Crippen LogP contribution in [0, 0.1) is 0 Å². The zero-order chi connectivity index (χ0) is 9.60. The van der Waals surface area contributed by atoms with Crippen LogP contribution in [0.4, 0.5) is 0 Å². The Balaban J connectivity index is 2.09. The molecule has 0 bridgehead atoms. The molecule has 1 aromatic rings. The summed E-state index contributed by atoms with van der Waals surface area (Å²) in [5.41, 5.74) is 1.54. The van der Waals surface area contributed by atoms with E-state index in [0.29, 0.717) is 0 Å². The van der Waals surface area contributed by atoms with Gasteiger partial charge in [0.25, 0.3) is 0 Å². The van der Waals surface area contributed by atoms with E-state index >= 15 is 0 Å². The van der Waals surface area contributed by atoms with Crippen molar-refractivity contribution in [1.29, 1.82) is 0 Å². The van der Waals surface area contributed by atoms with Crippen LogP contribution in [0.15, 0.2) is 24.3 Å². The predicted molar refractivity (Wildman–Crippen MR) is 52.4 cm³/mol. The van der Waals surface area contributed by atoms with Crippen LogP contribution in [0.2, 0.25) is 0 Å². The maximum absolute atomic E-state index is 12.1. The Kier molecular flexibility index (Phi) is 1.56. The van der Waals surface area contributed by atoms with Crippen LogP contribution in [0.3, 0.4) is 0 Å². The highest BCUT2D eigenvalue weighted by molar-refractivity contribution is 6.07. The van der Waals surface area contributed by atoms with Crippen molar-refractivity contribution in [3.8, 4) is 0 Å². The lowest BCUT2D eigenvalue weighted by atomic mass is 9.96. The lowest BCUT2D eigenvalue weighted by Gasteiger charge is -2.19. The van der Waals surface area contributed by atoms with E-state index in [9.17, 15) is 4.79 Å². The summed E-state index contributed by atoms with van der Waals surface area (Å²) in [7, 11) is 0. The third-order valence-corrected chi connectivity index (χ3v) is 3.26. The summed E-state index contributed by atoms with van der Waals surface area (Å²) in [6.07, 6.45) is 2.68. The first-order valence-corrected chi connectivity index (χ1v) is 5.08. The molecule has 1 aliphatic heterocycles.